The monoisotopic (exact) mass is 258 g/mol. The van der Waals surface area contributed by atoms with Crippen LogP contribution in [-0.4, -0.2) is 34.8 Å². The van der Waals surface area contributed by atoms with Gasteiger partial charge in [0.25, 0.3) is 0 Å². The molecule has 0 amide bonds. The van der Waals surface area contributed by atoms with Crippen LogP contribution in [0.2, 0.25) is 0 Å². The molecule has 17 heavy (non-hydrogen) atoms. The molecule has 5 heteroatoms. The number of benzene rings is 1. The number of rotatable bonds is 6. The minimum Gasteiger partial charge on any atom is -0.508 e. The molecule has 1 aromatic carbocycles. The fraction of sp³-hybridized carbons (Fsp3) is 0.417. The highest BCUT2D eigenvalue weighted by Gasteiger charge is 2.07. The van der Waals surface area contributed by atoms with Crippen LogP contribution in [0, 0.1) is 0 Å². The molecule has 0 heterocycles. The van der Waals surface area contributed by atoms with Crippen molar-refractivity contribution in [3.8, 4) is 5.75 Å². The molecule has 1 atom stereocenters. The first kappa shape index (κ1) is 13.8. The fourth-order valence-electron chi connectivity index (χ4n) is 1.21. The van der Waals surface area contributed by atoms with Crippen LogP contribution in [0.15, 0.2) is 24.3 Å². The Morgan fingerprint density at radius 1 is 1.35 bits per heavy atom. The second-order valence-corrected chi connectivity index (χ2v) is 3.97. The van der Waals surface area contributed by atoms with Gasteiger partial charge in [0.1, 0.15) is 18.5 Å². The normalized spacial score (nSPS) is 12.1. The number of aliphatic hydroxyl groups is 1. The van der Waals surface area contributed by atoms with Crippen LogP contribution in [0.1, 0.15) is 12.0 Å². The first-order chi connectivity index (χ1) is 8.11. The second kappa shape index (κ2) is 7.14. The number of phenols is 1. The van der Waals surface area contributed by atoms with E-state index in [0.717, 1.165) is 5.56 Å². The van der Waals surface area contributed by atoms with Crippen LogP contribution in [0.25, 0.3) is 0 Å². The minimum absolute atomic E-state index is 0.0469. The van der Waals surface area contributed by atoms with Gasteiger partial charge in [0.15, 0.2) is 0 Å². The van der Waals surface area contributed by atoms with E-state index in [1.54, 1.807) is 24.3 Å². The molecule has 1 aromatic rings. The summed E-state index contributed by atoms with van der Waals surface area (Å²) >= 11 is 5.36. The number of carbonyl (C=O) groups is 1. The van der Waals surface area contributed by atoms with Crippen molar-refractivity contribution >= 4 is 17.6 Å². The Hall–Kier alpha value is -1.26. The third-order valence-electron chi connectivity index (χ3n) is 2.17. The zero-order valence-electron chi connectivity index (χ0n) is 9.30. The second-order valence-electron chi connectivity index (χ2n) is 3.66. The van der Waals surface area contributed by atoms with E-state index in [4.69, 9.17) is 26.6 Å². The van der Waals surface area contributed by atoms with E-state index < -0.39 is 6.10 Å². The number of carbonyl (C=O) groups excluding carboxylic acids is 1. The molecule has 94 valence electrons. The first-order valence-corrected chi connectivity index (χ1v) is 5.83. The third-order valence-corrected chi connectivity index (χ3v) is 2.53. The summed E-state index contributed by atoms with van der Waals surface area (Å²) in [4.78, 5) is 11.3. The van der Waals surface area contributed by atoms with Crippen molar-refractivity contribution in [2.75, 3.05) is 12.5 Å². The molecule has 0 radical (unpaired) electrons. The fourth-order valence-corrected chi connectivity index (χ4v) is 1.30. The van der Waals surface area contributed by atoms with E-state index in [9.17, 15) is 4.79 Å². The lowest BCUT2D eigenvalue weighted by atomic mass is 10.1. The van der Waals surface area contributed by atoms with Crippen LogP contribution in [0.5, 0.6) is 5.75 Å². The quantitative estimate of drug-likeness (QED) is 0.599. The average molecular weight is 259 g/mol. The number of aromatic hydroxyl groups is 1. The van der Waals surface area contributed by atoms with Gasteiger partial charge in [-0.1, -0.05) is 12.1 Å². The Labute approximate surface area is 105 Å². The maximum Gasteiger partial charge on any atom is 0.306 e. The number of alkyl halides is 1. The van der Waals surface area contributed by atoms with Crippen LogP contribution in [0.3, 0.4) is 0 Å². The molecular formula is C12H15ClO4. The topological polar surface area (TPSA) is 66.8 Å². The van der Waals surface area contributed by atoms with Crippen LogP contribution >= 0.6 is 11.6 Å². The van der Waals surface area contributed by atoms with Gasteiger partial charge >= 0.3 is 5.97 Å². The summed E-state index contributed by atoms with van der Waals surface area (Å²) < 4.78 is 4.82. The number of aliphatic hydroxyl groups excluding tert-OH is 1. The Balaban J connectivity index is 2.26. The lowest BCUT2D eigenvalue weighted by Crippen LogP contribution is -2.20. The molecule has 0 saturated heterocycles. The van der Waals surface area contributed by atoms with Gasteiger partial charge in [-0.05, 0) is 24.1 Å². The van der Waals surface area contributed by atoms with Gasteiger partial charge in [0, 0.05) is 6.42 Å². The van der Waals surface area contributed by atoms with Crippen molar-refractivity contribution in [3.05, 3.63) is 29.8 Å². The van der Waals surface area contributed by atoms with Gasteiger partial charge in [-0.15, -0.1) is 11.6 Å². The van der Waals surface area contributed by atoms with Gasteiger partial charge in [-0.25, -0.2) is 0 Å². The molecule has 0 saturated carbocycles. The molecule has 1 unspecified atom stereocenters. The number of halogens is 1. The Morgan fingerprint density at radius 3 is 2.59 bits per heavy atom. The molecule has 0 spiro atoms. The predicted molar refractivity (Wildman–Crippen MR) is 64.1 cm³/mol. The number of hydrogen-bond acceptors (Lipinski definition) is 4. The molecule has 0 aliphatic rings. The van der Waals surface area contributed by atoms with Gasteiger partial charge in [-0.3, -0.25) is 4.79 Å². The summed E-state index contributed by atoms with van der Waals surface area (Å²) in [6, 6.07) is 6.63. The molecule has 0 fully saturated rings. The molecule has 2 N–H and O–H groups in total. The van der Waals surface area contributed by atoms with Crippen molar-refractivity contribution in [1.29, 1.82) is 0 Å². The first-order valence-electron chi connectivity index (χ1n) is 5.29. The van der Waals surface area contributed by atoms with Gasteiger partial charge < -0.3 is 14.9 Å². The number of ether oxygens (including phenoxy) is 1. The van der Waals surface area contributed by atoms with Crippen LogP contribution < -0.4 is 0 Å². The van der Waals surface area contributed by atoms with Crippen molar-refractivity contribution in [1.82, 2.24) is 0 Å². The largest absolute Gasteiger partial charge is 0.508 e. The SMILES string of the molecule is O=C(CCc1ccc(O)cc1)OCC(O)CCl. The summed E-state index contributed by atoms with van der Waals surface area (Å²) in [7, 11) is 0. The lowest BCUT2D eigenvalue weighted by Gasteiger charge is -2.08. The maximum atomic E-state index is 11.3. The molecular weight excluding hydrogens is 244 g/mol. The lowest BCUT2D eigenvalue weighted by molar-refractivity contribution is -0.146. The third kappa shape index (κ3) is 5.56. The summed E-state index contributed by atoms with van der Waals surface area (Å²) in [6.45, 7) is -0.0715. The van der Waals surface area contributed by atoms with E-state index in [1.165, 1.54) is 0 Å². The molecule has 1 rings (SSSR count). The highest BCUT2D eigenvalue weighted by Crippen LogP contribution is 2.11. The number of esters is 1. The number of phenolic OH excluding ortho intramolecular Hbond substituents is 1. The van der Waals surface area contributed by atoms with Gasteiger partial charge in [-0.2, -0.15) is 0 Å². The average Bonchev–Trinajstić information content (AvgIpc) is 2.35. The van der Waals surface area contributed by atoms with Crippen LogP contribution in [-0.2, 0) is 16.0 Å². The smallest absolute Gasteiger partial charge is 0.306 e. The number of hydrogen-bond donors (Lipinski definition) is 2. The van der Waals surface area contributed by atoms with E-state index in [-0.39, 0.29) is 30.6 Å². The van der Waals surface area contributed by atoms with Crippen molar-refractivity contribution in [3.63, 3.8) is 0 Å². The van der Waals surface area contributed by atoms with E-state index >= 15 is 0 Å². The van der Waals surface area contributed by atoms with Gasteiger partial charge in [0.2, 0.25) is 0 Å². The Morgan fingerprint density at radius 2 is 2.00 bits per heavy atom. The maximum absolute atomic E-state index is 11.3. The Bertz CT molecular complexity index is 350. The van der Waals surface area contributed by atoms with E-state index in [0.29, 0.717) is 6.42 Å². The Kier molecular flexibility index (Phi) is 5.80. The summed E-state index contributed by atoms with van der Waals surface area (Å²) in [5, 5.41) is 18.2. The van der Waals surface area contributed by atoms with Crippen molar-refractivity contribution in [2.24, 2.45) is 0 Å². The molecule has 0 bridgehead atoms. The standard InChI is InChI=1S/C12H15ClO4/c13-7-11(15)8-17-12(16)6-3-9-1-4-10(14)5-2-9/h1-2,4-5,11,14-15H,3,6-8H2. The highest BCUT2D eigenvalue weighted by atomic mass is 35.5. The zero-order chi connectivity index (χ0) is 12.7. The highest BCUT2D eigenvalue weighted by molar-refractivity contribution is 6.18. The molecule has 4 nitrogen and oxygen atoms in total. The summed E-state index contributed by atoms with van der Waals surface area (Å²) in [5.41, 5.74) is 0.942. The predicted octanol–water partition coefficient (Wildman–Crippen LogP) is 1.47. The molecule has 0 aliphatic carbocycles. The summed E-state index contributed by atoms with van der Waals surface area (Å²) in [5.74, 6) is -0.130. The number of aryl methyl sites for hydroxylation is 1. The summed E-state index contributed by atoms with van der Waals surface area (Å²) in [6.07, 6.45) is -0.0372. The van der Waals surface area contributed by atoms with Gasteiger partial charge in [0.05, 0.1) is 5.88 Å². The van der Waals surface area contributed by atoms with Crippen molar-refractivity contribution < 1.29 is 19.7 Å². The molecule has 0 aromatic heterocycles. The van der Waals surface area contributed by atoms with E-state index in [2.05, 4.69) is 0 Å². The van der Waals surface area contributed by atoms with Crippen molar-refractivity contribution in [2.45, 2.75) is 18.9 Å². The molecule has 0 aliphatic heterocycles. The van der Waals surface area contributed by atoms with E-state index in [1.807, 2.05) is 0 Å². The van der Waals surface area contributed by atoms with Crippen LogP contribution in [0.4, 0.5) is 0 Å². The zero-order valence-corrected chi connectivity index (χ0v) is 10.1. The minimum atomic E-state index is -0.811.